The van der Waals surface area contributed by atoms with Crippen LogP contribution in [0.2, 0.25) is 10.0 Å². The van der Waals surface area contributed by atoms with Crippen molar-refractivity contribution in [1.82, 2.24) is 15.2 Å². The molecule has 0 radical (unpaired) electrons. The smallest absolute Gasteiger partial charge is 0.161 e. The lowest BCUT2D eigenvalue weighted by atomic mass is 10.0. The summed E-state index contributed by atoms with van der Waals surface area (Å²) < 4.78 is 6.02. The Morgan fingerprint density at radius 2 is 2.19 bits per heavy atom. The number of fused-ring (bicyclic) bond motifs is 2. The lowest BCUT2D eigenvalue weighted by molar-refractivity contribution is 0.119. The van der Waals surface area contributed by atoms with Crippen molar-refractivity contribution in [1.29, 1.82) is 0 Å². The summed E-state index contributed by atoms with van der Waals surface area (Å²) in [6, 6.07) is 5.12. The highest BCUT2D eigenvalue weighted by atomic mass is 35.5. The van der Waals surface area contributed by atoms with E-state index in [9.17, 15) is 5.11 Å². The van der Waals surface area contributed by atoms with Gasteiger partial charge >= 0.3 is 0 Å². The van der Waals surface area contributed by atoms with Gasteiger partial charge in [-0.15, -0.1) is 6.42 Å². The summed E-state index contributed by atoms with van der Waals surface area (Å²) in [5.41, 5.74) is 1.85. The highest BCUT2D eigenvalue weighted by molar-refractivity contribution is 6.38. The van der Waals surface area contributed by atoms with Crippen LogP contribution in [-0.4, -0.2) is 47.3 Å². The van der Waals surface area contributed by atoms with Gasteiger partial charge in [0.1, 0.15) is 18.1 Å². The van der Waals surface area contributed by atoms with Gasteiger partial charge in [0.2, 0.25) is 0 Å². The number of benzene rings is 1. The van der Waals surface area contributed by atoms with E-state index in [-0.39, 0.29) is 11.8 Å². The molecule has 134 valence electrons. The lowest BCUT2D eigenvalue weighted by Crippen LogP contribution is -2.52. The third-order valence-corrected chi connectivity index (χ3v) is 5.46. The average Bonchev–Trinajstić information content (AvgIpc) is 2.82. The molecule has 1 saturated heterocycles. The first-order valence-electron chi connectivity index (χ1n) is 8.34. The van der Waals surface area contributed by atoms with Crippen molar-refractivity contribution in [2.75, 3.05) is 26.2 Å². The zero-order valence-corrected chi connectivity index (χ0v) is 15.4. The van der Waals surface area contributed by atoms with E-state index in [0.717, 1.165) is 19.6 Å². The van der Waals surface area contributed by atoms with Gasteiger partial charge in [-0.05, 0) is 18.1 Å². The molecule has 0 unspecified atom stereocenters. The zero-order valence-electron chi connectivity index (χ0n) is 13.9. The Kier molecular flexibility index (Phi) is 4.68. The fourth-order valence-corrected chi connectivity index (χ4v) is 4.09. The van der Waals surface area contributed by atoms with E-state index in [2.05, 4.69) is 21.1 Å². The summed E-state index contributed by atoms with van der Waals surface area (Å²) in [6.07, 6.45) is 5.70. The Labute approximate surface area is 161 Å². The number of piperazine rings is 1. The van der Waals surface area contributed by atoms with E-state index in [1.54, 1.807) is 12.1 Å². The number of phenolic OH excluding ortho intramolecular Hbond substituents is 1. The van der Waals surface area contributed by atoms with Gasteiger partial charge in [-0.25, -0.2) is 4.98 Å². The van der Waals surface area contributed by atoms with Crippen LogP contribution < -0.4 is 10.1 Å². The van der Waals surface area contributed by atoms with Crippen LogP contribution in [0.3, 0.4) is 0 Å². The van der Waals surface area contributed by atoms with Crippen LogP contribution in [0.5, 0.6) is 11.5 Å². The molecular weight excluding hydrogens is 373 g/mol. The number of nitrogens with one attached hydrogen (secondary N) is 1. The molecule has 7 heteroatoms. The molecule has 1 atom stereocenters. The van der Waals surface area contributed by atoms with Crippen molar-refractivity contribution >= 4 is 23.2 Å². The molecule has 1 fully saturated rings. The summed E-state index contributed by atoms with van der Waals surface area (Å²) in [5, 5.41) is 14.4. The number of pyridine rings is 1. The second-order valence-electron chi connectivity index (χ2n) is 6.34. The van der Waals surface area contributed by atoms with Crippen molar-refractivity contribution < 1.29 is 9.84 Å². The molecular formula is C19H17Cl2N3O2. The largest absolute Gasteiger partial charge is 0.507 e. The fraction of sp³-hybridized carbons (Fsp3) is 0.316. The number of hydrogen-bond donors (Lipinski definition) is 2. The number of phenols is 1. The minimum absolute atomic E-state index is 0.00658. The van der Waals surface area contributed by atoms with Crippen molar-refractivity contribution in [3.63, 3.8) is 0 Å². The maximum atomic E-state index is 10.3. The molecule has 2 aliphatic heterocycles. The third kappa shape index (κ3) is 2.89. The maximum Gasteiger partial charge on any atom is 0.161 e. The summed E-state index contributed by atoms with van der Waals surface area (Å²) in [4.78, 5) is 6.94. The van der Waals surface area contributed by atoms with Crippen LogP contribution in [0.4, 0.5) is 0 Å². The second-order valence-corrected chi connectivity index (χ2v) is 7.13. The highest BCUT2D eigenvalue weighted by Gasteiger charge is 2.31. The number of aromatic nitrogens is 1. The third-order valence-electron chi connectivity index (χ3n) is 4.79. The zero-order chi connectivity index (χ0) is 18.3. The number of aromatic hydroxyl groups is 1. The topological polar surface area (TPSA) is 57.6 Å². The average molecular weight is 390 g/mol. The fourth-order valence-electron chi connectivity index (χ4n) is 3.48. The lowest BCUT2D eigenvalue weighted by Gasteiger charge is -2.33. The molecule has 5 nitrogen and oxygen atoms in total. The van der Waals surface area contributed by atoms with Gasteiger partial charge < -0.3 is 15.2 Å². The van der Waals surface area contributed by atoms with Crippen LogP contribution in [0, 0.1) is 12.3 Å². The van der Waals surface area contributed by atoms with Gasteiger partial charge in [-0.1, -0.05) is 29.3 Å². The van der Waals surface area contributed by atoms with Crippen LogP contribution in [0.1, 0.15) is 11.4 Å². The first kappa shape index (κ1) is 17.4. The molecule has 2 aliphatic rings. The van der Waals surface area contributed by atoms with Gasteiger partial charge in [0.15, 0.2) is 5.75 Å². The SMILES string of the molecule is C#Cc1nc2c(c(Cl)c1-c1c(O)cccc1Cl)OC[C@H]1CNCCN1C2. The number of ether oxygens (including phenoxy) is 1. The first-order chi connectivity index (χ1) is 12.6. The number of hydrogen-bond acceptors (Lipinski definition) is 5. The summed E-state index contributed by atoms with van der Waals surface area (Å²) in [5.74, 6) is 3.08. The molecule has 2 N–H and O–H groups in total. The minimum Gasteiger partial charge on any atom is -0.507 e. The Bertz CT molecular complexity index is 890. The standard InChI is InChI=1S/C19H17Cl2N3O2/c1-2-13-17(16-12(20)4-3-5-15(16)25)18(21)19-14(23-13)9-24-7-6-22-8-11(24)10-26-19/h1,3-5,11,22,25H,6-10H2/t11-/m1/s1. The molecule has 0 saturated carbocycles. The molecule has 1 aromatic heterocycles. The molecule has 26 heavy (non-hydrogen) atoms. The van der Waals surface area contributed by atoms with Crippen LogP contribution >= 0.6 is 23.2 Å². The van der Waals surface area contributed by atoms with E-state index >= 15 is 0 Å². The molecule has 3 heterocycles. The minimum atomic E-state index is -0.00658. The van der Waals surface area contributed by atoms with E-state index in [1.165, 1.54) is 6.07 Å². The molecule has 1 aromatic carbocycles. The van der Waals surface area contributed by atoms with E-state index in [4.69, 9.17) is 34.4 Å². The van der Waals surface area contributed by atoms with Crippen molar-refractivity contribution in [2.45, 2.75) is 12.6 Å². The maximum absolute atomic E-state index is 10.3. The normalized spacial score (nSPS) is 19.7. The van der Waals surface area contributed by atoms with E-state index in [0.29, 0.717) is 51.5 Å². The molecule has 0 aliphatic carbocycles. The number of rotatable bonds is 1. The molecule has 0 amide bonds. The van der Waals surface area contributed by atoms with E-state index < -0.39 is 0 Å². The van der Waals surface area contributed by atoms with Gasteiger partial charge in [-0.2, -0.15) is 0 Å². The Balaban J connectivity index is 1.89. The Hall–Kier alpha value is -1.97. The predicted molar refractivity (Wildman–Crippen MR) is 102 cm³/mol. The first-order valence-corrected chi connectivity index (χ1v) is 9.10. The Morgan fingerprint density at radius 1 is 1.35 bits per heavy atom. The van der Waals surface area contributed by atoms with Crippen molar-refractivity contribution in [3.05, 3.63) is 39.6 Å². The van der Waals surface area contributed by atoms with Gasteiger partial charge in [0.05, 0.1) is 21.8 Å². The van der Waals surface area contributed by atoms with E-state index in [1.807, 2.05) is 0 Å². The predicted octanol–water partition coefficient (Wildman–Crippen LogP) is 2.91. The Morgan fingerprint density at radius 3 is 2.96 bits per heavy atom. The number of terminal acetylenes is 1. The second kappa shape index (κ2) is 6.98. The van der Waals surface area contributed by atoms with Gasteiger partial charge in [0.25, 0.3) is 0 Å². The van der Waals surface area contributed by atoms with Gasteiger partial charge in [0, 0.05) is 37.3 Å². The summed E-state index contributed by atoms with van der Waals surface area (Å²) in [6.45, 7) is 3.81. The number of halogens is 2. The van der Waals surface area contributed by atoms with Crippen LogP contribution in [0.25, 0.3) is 11.1 Å². The molecule has 0 spiro atoms. The van der Waals surface area contributed by atoms with Gasteiger partial charge in [-0.3, -0.25) is 4.90 Å². The molecule has 0 bridgehead atoms. The van der Waals surface area contributed by atoms with Crippen LogP contribution in [0.15, 0.2) is 18.2 Å². The van der Waals surface area contributed by atoms with Crippen molar-refractivity contribution in [2.24, 2.45) is 0 Å². The molecule has 2 aromatic rings. The highest BCUT2D eigenvalue weighted by Crippen LogP contribution is 2.46. The van der Waals surface area contributed by atoms with Crippen molar-refractivity contribution in [3.8, 4) is 35.0 Å². The summed E-state index contributed by atoms with van der Waals surface area (Å²) >= 11 is 13.0. The summed E-state index contributed by atoms with van der Waals surface area (Å²) in [7, 11) is 0. The number of nitrogens with zero attached hydrogens (tertiary/aromatic N) is 2. The molecule has 4 rings (SSSR count). The quantitative estimate of drug-likeness (QED) is 0.734. The van der Waals surface area contributed by atoms with Crippen LogP contribution in [-0.2, 0) is 6.54 Å². The monoisotopic (exact) mass is 389 g/mol.